The summed E-state index contributed by atoms with van der Waals surface area (Å²) in [6.07, 6.45) is 12.3. The van der Waals surface area contributed by atoms with Gasteiger partial charge in [0.1, 0.15) is 5.60 Å². The standard InChI is InChI=1S/C5H8O.C5H10.5CO.Co.W/c1-4-5(2,3)6;1-2-4-5-3-1;5*1-2;;/h1,6H,2-3H3;1-5H2;;;;;;;. The van der Waals surface area contributed by atoms with Crippen LogP contribution in [0.15, 0.2) is 0 Å². The van der Waals surface area contributed by atoms with Crippen molar-refractivity contribution < 1.29 is 66.2 Å². The maximum atomic E-state index is 8.59. The maximum absolute atomic E-state index is 8.59. The van der Waals surface area contributed by atoms with Crippen LogP contribution in [0.25, 0.3) is 0 Å². The fourth-order valence-corrected chi connectivity index (χ4v) is 0.884. The van der Waals surface area contributed by atoms with Crippen LogP contribution in [-0.2, 0) is 61.1 Å². The summed E-state index contributed by atoms with van der Waals surface area (Å²) in [5.41, 5.74) is -0.931. The van der Waals surface area contributed by atoms with E-state index < -0.39 is 5.60 Å². The SMILES string of the molecule is C#CC(C)(C)O.C1CCCC1.[C-]#[O+].[C-]#[O+].[C-]#[O+].[C-]#[O+].[C-]#[O+].[Co].[W]. The largest absolute Gasteiger partial charge is 0 e. The fraction of sp³-hybridized carbons (Fsp3) is 0.533. The van der Waals surface area contributed by atoms with Crippen molar-refractivity contribution in [2.75, 3.05) is 0 Å². The maximum Gasteiger partial charge on any atom is 0 e. The van der Waals surface area contributed by atoms with Crippen molar-refractivity contribution >= 4 is 0 Å². The predicted octanol–water partition coefficient (Wildman–Crippen LogP) is 2.15. The van der Waals surface area contributed by atoms with Crippen LogP contribution < -0.4 is 0 Å². The summed E-state index contributed by atoms with van der Waals surface area (Å²) in [5, 5.41) is 8.59. The van der Waals surface area contributed by atoms with E-state index in [4.69, 9.17) is 34.8 Å². The van der Waals surface area contributed by atoms with Gasteiger partial charge in [0.15, 0.2) is 0 Å². The average molecular weight is 537 g/mol. The molecule has 1 saturated carbocycles. The molecular formula is C15H18CoO6W. The molecule has 129 valence electrons. The van der Waals surface area contributed by atoms with Crippen LogP contribution in [0.4, 0.5) is 0 Å². The van der Waals surface area contributed by atoms with E-state index in [1.54, 1.807) is 13.8 Å². The molecule has 0 aromatic rings. The van der Waals surface area contributed by atoms with E-state index in [0.29, 0.717) is 0 Å². The zero-order chi connectivity index (χ0) is 18.7. The van der Waals surface area contributed by atoms with Crippen LogP contribution in [0, 0.1) is 45.6 Å². The van der Waals surface area contributed by atoms with Gasteiger partial charge in [-0.1, -0.05) is 38.0 Å². The van der Waals surface area contributed by atoms with Gasteiger partial charge in [0, 0.05) is 37.8 Å². The van der Waals surface area contributed by atoms with Crippen molar-refractivity contribution in [3.63, 3.8) is 0 Å². The molecule has 1 radical (unpaired) electrons. The Morgan fingerprint density at radius 3 is 0.870 bits per heavy atom. The monoisotopic (exact) mass is 537 g/mol. The van der Waals surface area contributed by atoms with Crippen molar-refractivity contribution in [2.24, 2.45) is 0 Å². The van der Waals surface area contributed by atoms with Gasteiger partial charge in [0.05, 0.1) is 0 Å². The van der Waals surface area contributed by atoms with Gasteiger partial charge in [-0.05, 0) is 13.8 Å². The van der Waals surface area contributed by atoms with E-state index in [1.165, 1.54) is 32.1 Å². The summed E-state index contributed by atoms with van der Waals surface area (Å²) >= 11 is 0. The molecule has 0 unspecified atom stereocenters. The Balaban J connectivity index is -0.0000000202. The number of rotatable bonds is 0. The Hall–Kier alpha value is -0.585. The van der Waals surface area contributed by atoms with Crippen molar-refractivity contribution in [1.82, 2.24) is 0 Å². The second kappa shape index (κ2) is 68.5. The molecule has 0 aromatic heterocycles. The minimum atomic E-state index is -0.931. The van der Waals surface area contributed by atoms with Gasteiger partial charge in [-0.25, -0.2) is 0 Å². The molecule has 1 aliphatic rings. The number of aliphatic hydroxyl groups is 1. The van der Waals surface area contributed by atoms with Gasteiger partial charge < -0.3 is 5.11 Å². The first-order valence-corrected chi connectivity index (χ1v) is 5.28. The van der Waals surface area contributed by atoms with Crippen LogP contribution in [-0.4, -0.2) is 10.7 Å². The van der Waals surface area contributed by atoms with E-state index >= 15 is 0 Å². The minimum Gasteiger partial charge on any atom is 0 e. The molecule has 1 fully saturated rings. The molecule has 1 N–H and O–H groups in total. The quantitative estimate of drug-likeness (QED) is 0.285. The normalized spacial score (nSPS) is 8.35. The minimum absolute atomic E-state index is 0. The van der Waals surface area contributed by atoms with E-state index in [1.807, 2.05) is 0 Å². The molecule has 0 bridgehead atoms. The molecule has 0 aromatic carbocycles. The Morgan fingerprint density at radius 1 is 0.739 bits per heavy atom. The number of terminal acetylenes is 1. The molecule has 6 nitrogen and oxygen atoms in total. The van der Waals surface area contributed by atoms with Gasteiger partial charge >= 0.3 is 56.5 Å². The van der Waals surface area contributed by atoms with E-state index in [2.05, 4.69) is 39.2 Å². The van der Waals surface area contributed by atoms with Gasteiger partial charge in [0.2, 0.25) is 0 Å². The zero-order valence-corrected chi connectivity index (χ0v) is 16.8. The Morgan fingerprint density at radius 2 is 0.826 bits per heavy atom. The molecule has 0 spiro atoms. The van der Waals surface area contributed by atoms with Crippen molar-refractivity contribution in [1.29, 1.82) is 0 Å². The second-order valence-corrected chi connectivity index (χ2v) is 3.47. The summed E-state index contributed by atoms with van der Waals surface area (Å²) in [6, 6.07) is 0. The molecule has 0 aliphatic heterocycles. The molecule has 0 atom stereocenters. The molecule has 1 aliphatic carbocycles. The molecule has 8 heteroatoms. The summed E-state index contributed by atoms with van der Waals surface area (Å²) in [7, 11) is 0. The van der Waals surface area contributed by atoms with E-state index in [-0.39, 0.29) is 37.8 Å². The molecular weight excluding hydrogens is 519 g/mol. The average Bonchev–Trinajstić information content (AvgIpc) is 3.16. The smallest absolute Gasteiger partial charge is 0 e. The Kier molecular flexibility index (Phi) is 147. The molecule has 1 rings (SSSR count). The van der Waals surface area contributed by atoms with Gasteiger partial charge in [0.25, 0.3) is 0 Å². The third-order valence-electron chi connectivity index (χ3n) is 1.60. The van der Waals surface area contributed by atoms with Crippen molar-refractivity contribution in [3.8, 4) is 12.3 Å². The van der Waals surface area contributed by atoms with Crippen molar-refractivity contribution in [3.05, 3.63) is 33.3 Å². The van der Waals surface area contributed by atoms with Crippen molar-refractivity contribution in [2.45, 2.75) is 51.6 Å². The van der Waals surface area contributed by atoms with Crippen LogP contribution in [0.2, 0.25) is 0 Å². The second-order valence-electron chi connectivity index (χ2n) is 3.47. The van der Waals surface area contributed by atoms with Gasteiger partial charge in [-0.2, -0.15) is 0 Å². The first-order chi connectivity index (χ1) is 10.1. The molecule has 23 heavy (non-hydrogen) atoms. The zero-order valence-electron chi connectivity index (χ0n) is 12.8. The fourth-order valence-electron chi connectivity index (χ4n) is 0.884. The summed E-state index contributed by atoms with van der Waals surface area (Å²) < 4.78 is 37.5. The Labute approximate surface area is 163 Å². The summed E-state index contributed by atoms with van der Waals surface area (Å²) in [5.74, 6) is 2.16. The van der Waals surface area contributed by atoms with Gasteiger partial charge in [-0.15, -0.1) is 6.42 Å². The first-order valence-electron chi connectivity index (χ1n) is 5.28. The van der Waals surface area contributed by atoms with Crippen LogP contribution >= 0.6 is 0 Å². The third kappa shape index (κ3) is 147. The summed E-state index contributed by atoms with van der Waals surface area (Å²) in [4.78, 5) is 0. The topological polar surface area (TPSA) is 120 Å². The van der Waals surface area contributed by atoms with E-state index in [9.17, 15) is 0 Å². The number of hydrogen-bond acceptors (Lipinski definition) is 1. The van der Waals surface area contributed by atoms with Gasteiger partial charge in [-0.3, -0.25) is 0 Å². The van der Waals surface area contributed by atoms with Crippen LogP contribution in [0.1, 0.15) is 46.0 Å². The van der Waals surface area contributed by atoms with E-state index in [0.717, 1.165) is 0 Å². The number of hydrogen-bond donors (Lipinski definition) is 1. The third-order valence-corrected chi connectivity index (χ3v) is 1.60. The predicted molar refractivity (Wildman–Crippen MR) is 67.9 cm³/mol. The Bertz CT molecular complexity index is 261. The molecule has 0 amide bonds. The molecule has 0 heterocycles. The molecule has 0 saturated heterocycles. The first kappa shape index (κ1) is 49.5. The summed E-state index contributed by atoms with van der Waals surface area (Å²) in [6.45, 7) is 25.6. The van der Waals surface area contributed by atoms with Crippen LogP contribution in [0.5, 0.6) is 0 Å². The van der Waals surface area contributed by atoms with Crippen LogP contribution in [0.3, 0.4) is 0 Å².